The molecule has 2 aromatic carbocycles. The first kappa shape index (κ1) is 14.6. The molecule has 2 aromatic rings. The van der Waals surface area contributed by atoms with Crippen molar-refractivity contribution in [2.75, 3.05) is 0 Å². The summed E-state index contributed by atoms with van der Waals surface area (Å²) in [7, 11) is 0. The Morgan fingerprint density at radius 3 is 2.45 bits per heavy atom. The molecular weight excluding hydrogens is 272 g/mol. The third kappa shape index (κ3) is 4.10. The minimum absolute atomic E-state index is 0.229. The van der Waals surface area contributed by atoms with Crippen LogP contribution in [0.3, 0.4) is 0 Å². The van der Waals surface area contributed by atoms with Crippen LogP contribution in [0.25, 0.3) is 0 Å². The Labute approximate surface area is 124 Å². The van der Waals surface area contributed by atoms with Gasteiger partial charge in [-0.15, -0.1) is 0 Å². The Morgan fingerprint density at radius 1 is 1.10 bits per heavy atom. The van der Waals surface area contributed by atoms with Gasteiger partial charge in [-0.05, 0) is 49.6 Å². The summed E-state index contributed by atoms with van der Waals surface area (Å²) in [5.41, 5.74) is 3.25. The molecule has 0 saturated carbocycles. The summed E-state index contributed by atoms with van der Waals surface area (Å²) in [6.45, 7) is 3.92. The molecule has 0 unspecified atom stereocenters. The van der Waals surface area contributed by atoms with Crippen LogP contribution in [-0.2, 0) is 11.2 Å². The number of carbonyl (C=O) groups is 1. The first-order valence-corrected chi connectivity index (χ1v) is 6.95. The summed E-state index contributed by atoms with van der Waals surface area (Å²) >= 11 is 5.93. The van der Waals surface area contributed by atoms with Crippen molar-refractivity contribution in [1.29, 1.82) is 0 Å². The summed E-state index contributed by atoms with van der Waals surface area (Å²) in [6.07, 6.45) is 1.05. The molecule has 0 bridgehead atoms. The predicted octanol–water partition coefficient (Wildman–Crippen LogP) is 4.50. The van der Waals surface area contributed by atoms with E-state index in [-0.39, 0.29) is 5.97 Å². The Kier molecular flexibility index (Phi) is 4.80. The van der Waals surface area contributed by atoms with Crippen LogP contribution in [0.4, 0.5) is 0 Å². The predicted molar refractivity (Wildman–Crippen MR) is 81.3 cm³/mol. The molecule has 0 heterocycles. The number of hydrogen-bond acceptors (Lipinski definition) is 2. The Balaban J connectivity index is 1.89. The average Bonchev–Trinajstić information content (AvgIpc) is 2.42. The normalized spacial score (nSPS) is 10.3. The van der Waals surface area contributed by atoms with E-state index in [0.29, 0.717) is 23.6 Å². The fraction of sp³-hybridized carbons (Fsp3) is 0.235. The molecule has 2 rings (SSSR count). The summed E-state index contributed by atoms with van der Waals surface area (Å²) in [5, 5.41) is 0.671. The fourth-order valence-electron chi connectivity index (χ4n) is 1.86. The van der Waals surface area contributed by atoms with Crippen molar-refractivity contribution < 1.29 is 9.53 Å². The maximum Gasteiger partial charge on any atom is 0.311 e. The molecule has 0 aromatic heterocycles. The first-order chi connectivity index (χ1) is 9.54. The SMILES string of the molecule is Cc1ccc(CCC(=O)Oc2ccc(Cl)c(C)c2)cc1. The summed E-state index contributed by atoms with van der Waals surface area (Å²) < 4.78 is 5.30. The highest BCUT2D eigenvalue weighted by molar-refractivity contribution is 6.31. The van der Waals surface area contributed by atoms with Gasteiger partial charge in [0.05, 0.1) is 0 Å². The highest BCUT2D eigenvalue weighted by atomic mass is 35.5. The quantitative estimate of drug-likeness (QED) is 0.612. The summed E-state index contributed by atoms with van der Waals surface area (Å²) in [5.74, 6) is 0.313. The van der Waals surface area contributed by atoms with Crippen molar-refractivity contribution in [2.45, 2.75) is 26.7 Å². The Bertz CT molecular complexity index is 603. The van der Waals surface area contributed by atoms with Crippen LogP contribution in [0.5, 0.6) is 5.75 Å². The smallest absolute Gasteiger partial charge is 0.311 e. The second-order valence-electron chi connectivity index (χ2n) is 4.87. The standard InChI is InChI=1S/C17H17ClO2/c1-12-3-5-14(6-4-12)7-10-17(19)20-15-8-9-16(18)13(2)11-15/h3-6,8-9,11H,7,10H2,1-2H3. The molecule has 0 amide bonds. The molecule has 0 saturated heterocycles. The lowest BCUT2D eigenvalue weighted by Gasteiger charge is -2.06. The van der Waals surface area contributed by atoms with Crippen molar-refractivity contribution in [3.05, 3.63) is 64.2 Å². The lowest BCUT2D eigenvalue weighted by atomic mass is 10.1. The third-order valence-electron chi connectivity index (χ3n) is 3.10. The van der Waals surface area contributed by atoms with Gasteiger partial charge in [0, 0.05) is 11.4 Å². The number of hydrogen-bond donors (Lipinski definition) is 0. The fourth-order valence-corrected chi connectivity index (χ4v) is 1.98. The number of benzene rings is 2. The number of esters is 1. The average molecular weight is 289 g/mol. The molecule has 0 aliphatic rings. The molecule has 2 nitrogen and oxygen atoms in total. The molecule has 0 N–H and O–H groups in total. The molecule has 0 fully saturated rings. The van der Waals surface area contributed by atoms with Crippen LogP contribution in [-0.4, -0.2) is 5.97 Å². The van der Waals surface area contributed by atoms with Gasteiger partial charge in [-0.1, -0.05) is 41.4 Å². The molecule has 0 radical (unpaired) electrons. The number of rotatable bonds is 4. The minimum Gasteiger partial charge on any atom is -0.427 e. The second-order valence-corrected chi connectivity index (χ2v) is 5.28. The van der Waals surface area contributed by atoms with Crippen LogP contribution in [0.2, 0.25) is 5.02 Å². The zero-order valence-electron chi connectivity index (χ0n) is 11.7. The van der Waals surface area contributed by atoms with E-state index < -0.39 is 0 Å². The van der Waals surface area contributed by atoms with Crippen LogP contribution < -0.4 is 4.74 Å². The number of carbonyl (C=O) groups excluding carboxylic acids is 1. The van der Waals surface area contributed by atoms with E-state index in [2.05, 4.69) is 0 Å². The monoisotopic (exact) mass is 288 g/mol. The topological polar surface area (TPSA) is 26.3 Å². The maximum atomic E-state index is 11.8. The Morgan fingerprint density at radius 2 is 1.80 bits per heavy atom. The van der Waals surface area contributed by atoms with Crippen molar-refractivity contribution in [3.8, 4) is 5.75 Å². The van der Waals surface area contributed by atoms with Crippen molar-refractivity contribution in [3.63, 3.8) is 0 Å². The van der Waals surface area contributed by atoms with E-state index in [9.17, 15) is 4.79 Å². The largest absolute Gasteiger partial charge is 0.427 e. The lowest BCUT2D eigenvalue weighted by molar-refractivity contribution is -0.134. The summed E-state index contributed by atoms with van der Waals surface area (Å²) in [6, 6.07) is 13.4. The van der Waals surface area contributed by atoms with Crippen molar-refractivity contribution in [2.24, 2.45) is 0 Å². The highest BCUT2D eigenvalue weighted by Crippen LogP contribution is 2.21. The van der Waals surface area contributed by atoms with Crippen LogP contribution in [0.1, 0.15) is 23.1 Å². The molecule has 20 heavy (non-hydrogen) atoms. The van der Waals surface area contributed by atoms with Gasteiger partial charge in [0.15, 0.2) is 0 Å². The van der Waals surface area contributed by atoms with Crippen molar-refractivity contribution >= 4 is 17.6 Å². The number of aryl methyl sites for hydroxylation is 3. The van der Waals surface area contributed by atoms with E-state index in [1.54, 1.807) is 18.2 Å². The van der Waals surface area contributed by atoms with Crippen molar-refractivity contribution in [1.82, 2.24) is 0 Å². The summed E-state index contributed by atoms with van der Waals surface area (Å²) in [4.78, 5) is 11.8. The maximum absolute atomic E-state index is 11.8. The van der Waals surface area contributed by atoms with E-state index in [4.69, 9.17) is 16.3 Å². The van der Waals surface area contributed by atoms with E-state index in [1.807, 2.05) is 38.1 Å². The van der Waals surface area contributed by atoms with E-state index in [1.165, 1.54) is 5.56 Å². The molecule has 0 atom stereocenters. The molecule has 0 spiro atoms. The van der Waals surface area contributed by atoms with Gasteiger partial charge in [-0.3, -0.25) is 4.79 Å². The zero-order chi connectivity index (χ0) is 14.5. The second kappa shape index (κ2) is 6.58. The number of halogens is 1. The van der Waals surface area contributed by atoms with Gasteiger partial charge in [0.2, 0.25) is 0 Å². The van der Waals surface area contributed by atoms with Gasteiger partial charge in [-0.25, -0.2) is 0 Å². The van der Waals surface area contributed by atoms with Gasteiger partial charge < -0.3 is 4.74 Å². The van der Waals surface area contributed by atoms with Crippen LogP contribution >= 0.6 is 11.6 Å². The first-order valence-electron chi connectivity index (χ1n) is 6.57. The lowest BCUT2D eigenvalue weighted by Crippen LogP contribution is -2.09. The van der Waals surface area contributed by atoms with Gasteiger partial charge >= 0.3 is 5.97 Å². The van der Waals surface area contributed by atoms with Gasteiger partial charge in [0.1, 0.15) is 5.75 Å². The molecule has 3 heteroatoms. The number of ether oxygens (including phenoxy) is 1. The zero-order valence-corrected chi connectivity index (χ0v) is 12.4. The van der Waals surface area contributed by atoms with Crippen LogP contribution in [0.15, 0.2) is 42.5 Å². The Hall–Kier alpha value is -1.80. The minimum atomic E-state index is -0.229. The third-order valence-corrected chi connectivity index (χ3v) is 3.52. The van der Waals surface area contributed by atoms with E-state index >= 15 is 0 Å². The highest BCUT2D eigenvalue weighted by Gasteiger charge is 2.06. The van der Waals surface area contributed by atoms with E-state index in [0.717, 1.165) is 11.1 Å². The molecule has 0 aliphatic carbocycles. The molecule has 0 aliphatic heterocycles. The van der Waals surface area contributed by atoms with Gasteiger partial charge in [-0.2, -0.15) is 0 Å². The van der Waals surface area contributed by atoms with Crippen LogP contribution in [0, 0.1) is 13.8 Å². The molecular formula is C17H17ClO2. The van der Waals surface area contributed by atoms with Gasteiger partial charge in [0.25, 0.3) is 0 Å². The molecule has 104 valence electrons.